The van der Waals surface area contributed by atoms with Gasteiger partial charge in [0.15, 0.2) is 0 Å². The van der Waals surface area contributed by atoms with E-state index in [0.717, 1.165) is 36.5 Å². The SMILES string of the molecule is CC(C(=O)NC1CCCC1)N(Cc1ccc(F)cc1)C(=O)CN1C(=O)c2cccc3cccc1c23. The van der Waals surface area contributed by atoms with Gasteiger partial charge in [-0.1, -0.05) is 49.2 Å². The normalized spacial score (nSPS) is 16.1. The second-order valence-electron chi connectivity index (χ2n) is 9.39. The highest BCUT2D eigenvalue weighted by molar-refractivity contribution is 6.26. The topological polar surface area (TPSA) is 69.7 Å². The fraction of sp³-hybridized carbons (Fsp3) is 0.321. The number of rotatable bonds is 7. The molecule has 0 aromatic heterocycles. The van der Waals surface area contributed by atoms with E-state index >= 15 is 0 Å². The van der Waals surface area contributed by atoms with Crippen LogP contribution in [0, 0.1) is 5.82 Å². The maximum absolute atomic E-state index is 13.6. The van der Waals surface area contributed by atoms with Gasteiger partial charge < -0.3 is 10.2 Å². The van der Waals surface area contributed by atoms with Gasteiger partial charge in [0.2, 0.25) is 11.8 Å². The van der Waals surface area contributed by atoms with Crippen LogP contribution in [0.25, 0.3) is 10.8 Å². The number of hydrogen-bond acceptors (Lipinski definition) is 3. The number of nitrogens with one attached hydrogen (secondary N) is 1. The van der Waals surface area contributed by atoms with Crippen molar-refractivity contribution in [2.75, 3.05) is 11.4 Å². The number of nitrogens with zero attached hydrogens (tertiary/aromatic N) is 2. The molecule has 5 rings (SSSR count). The Morgan fingerprint density at radius 1 is 1.06 bits per heavy atom. The molecule has 0 spiro atoms. The molecule has 1 saturated carbocycles. The molecular weight excluding hydrogens is 445 g/mol. The van der Waals surface area contributed by atoms with Gasteiger partial charge in [-0.25, -0.2) is 4.39 Å². The number of carbonyl (C=O) groups excluding carboxylic acids is 3. The van der Waals surface area contributed by atoms with Crippen LogP contribution in [-0.2, 0) is 16.1 Å². The van der Waals surface area contributed by atoms with Crippen molar-refractivity contribution in [3.8, 4) is 0 Å². The molecule has 3 amide bonds. The third-order valence-corrected chi connectivity index (χ3v) is 7.08. The van der Waals surface area contributed by atoms with Crippen LogP contribution in [0.3, 0.4) is 0 Å². The van der Waals surface area contributed by atoms with Gasteiger partial charge in [0.1, 0.15) is 18.4 Å². The van der Waals surface area contributed by atoms with E-state index in [1.165, 1.54) is 21.9 Å². The molecule has 180 valence electrons. The molecule has 1 heterocycles. The molecule has 1 unspecified atom stereocenters. The Balaban J connectivity index is 1.40. The molecule has 0 saturated heterocycles. The van der Waals surface area contributed by atoms with Gasteiger partial charge in [-0.05, 0) is 55.0 Å². The molecule has 1 N–H and O–H groups in total. The minimum Gasteiger partial charge on any atom is -0.352 e. The maximum Gasteiger partial charge on any atom is 0.259 e. The van der Waals surface area contributed by atoms with Gasteiger partial charge >= 0.3 is 0 Å². The fourth-order valence-corrected chi connectivity index (χ4v) is 5.12. The Hall–Kier alpha value is -3.74. The van der Waals surface area contributed by atoms with E-state index in [1.807, 2.05) is 30.3 Å². The molecule has 6 nitrogen and oxygen atoms in total. The summed E-state index contributed by atoms with van der Waals surface area (Å²) in [5, 5.41) is 4.85. The Kier molecular flexibility index (Phi) is 6.24. The van der Waals surface area contributed by atoms with Crippen molar-refractivity contribution in [3.05, 3.63) is 77.6 Å². The first kappa shape index (κ1) is 23.0. The minimum atomic E-state index is -0.746. The van der Waals surface area contributed by atoms with Crippen molar-refractivity contribution in [2.45, 2.75) is 51.2 Å². The summed E-state index contributed by atoms with van der Waals surface area (Å²) >= 11 is 0. The van der Waals surface area contributed by atoms with Gasteiger partial charge in [-0.2, -0.15) is 0 Å². The first-order chi connectivity index (χ1) is 16.9. The Morgan fingerprint density at radius 2 is 1.74 bits per heavy atom. The summed E-state index contributed by atoms with van der Waals surface area (Å²) in [6, 6.07) is 16.5. The average Bonchev–Trinajstić information content (AvgIpc) is 3.47. The molecule has 1 aliphatic heterocycles. The van der Waals surface area contributed by atoms with Crippen LogP contribution in [0.1, 0.15) is 48.5 Å². The van der Waals surface area contributed by atoms with Crippen molar-refractivity contribution < 1.29 is 18.8 Å². The van der Waals surface area contributed by atoms with Crippen molar-refractivity contribution in [3.63, 3.8) is 0 Å². The van der Waals surface area contributed by atoms with Crippen molar-refractivity contribution >= 4 is 34.2 Å². The molecule has 35 heavy (non-hydrogen) atoms. The number of hydrogen-bond donors (Lipinski definition) is 1. The average molecular weight is 474 g/mol. The highest BCUT2D eigenvalue weighted by Crippen LogP contribution is 2.37. The lowest BCUT2D eigenvalue weighted by Gasteiger charge is -2.31. The van der Waals surface area contributed by atoms with Crippen molar-refractivity contribution in [1.29, 1.82) is 0 Å². The second kappa shape index (κ2) is 9.49. The van der Waals surface area contributed by atoms with Crippen molar-refractivity contribution in [1.82, 2.24) is 10.2 Å². The molecule has 1 fully saturated rings. The summed E-state index contributed by atoms with van der Waals surface area (Å²) in [6.45, 7) is 1.65. The predicted octanol–water partition coefficient (Wildman–Crippen LogP) is 4.42. The molecule has 0 radical (unpaired) electrons. The van der Waals surface area contributed by atoms with Gasteiger partial charge in [0.25, 0.3) is 5.91 Å². The van der Waals surface area contributed by atoms with Crippen LogP contribution in [0.15, 0.2) is 60.7 Å². The van der Waals surface area contributed by atoms with Gasteiger partial charge in [0.05, 0.1) is 5.69 Å². The number of benzene rings is 3. The van der Waals surface area contributed by atoms with E-state index in [-0.39, 0.29) is 42.7 Å². The van der Waals surface area contributed by atoms with Crippen LogP contribution in [-0.4, -0.2) is 41.2 Å². The molecule has 1 aliphatic carbocycles. The van der Waals surface area contributed by atoms with Crippen LogP contribution >= 0.6 is 0 Å². The van der Waals surface area contributed by atoms with E-state index in [1.54, 1.807) is 25.1 Å². The monoisotopic (exact) mass is 473 g/mol. The zero-order chi connectivity index (χ0) is 24.5. The highest BCUT2D eigenvalue weighted by Gasteiger charge is 2.34. The predicted molar refractivity (Wildman–Crippen MR) is 132 cm³/mol. The zero-order valence-corrected chi connectivity index (χ0v) is 19.7. The molecule has 1 atom stereocenters. The summed E-state index contributed by atoms with van der Waals surface area (Å²) in [5.74, 6) is -1.16. The fourth-order valence-electron chi connectivity index (χ4n) is 5.12. The lowest BCUT2D eigenvalue weighted by molar-refractivity contribution is -0.139. The summed E-state index contributed by atoms with van der Waals surface area (Å²) in [5.41, 5.74) is 1.97. The lowest BCUT2D eigenvalue weighted by Crippen LogP contribution is -2.52. The largest absolute Gasteiger partial charge is 0.352 e. The minimum absolute atomic E-state index is 0.125. The van der Waals surface area contributed by atoms with E-state index in [4.69, 9.17) is 0 Å². The summed E-state index contributed by atoms with van der Waals surface area (Å²) in [4.78, 5) is 42.9. The van der Waals surface area contributed by atoms with E-state index < -0.39 is 6.04 Å². The Labute approximate surface area is 203 Å². The summed E-state index contributed by atoms with van der Waals surface area (Å²) in [6.07, 6.45) is 4.05. The number of anilines is 1. The smallest absolute Gasteiger partial charge is 0.259 e. The number of amides is 3. The van der Waals surface area contributed by atoms with Crippen LogP contribution in [0.5, 0.6) is 0 Å². The lowest BCUT2D eigenvalue weighted by atomic mass is 10.1. The van der Waals surface area contributed by atoms with Crippen molar-refractivity contribution in [2.24, 2.45) is 0 Å². The first-order valence-corrected chi connectivity index (χ1v) is 12.1. The third kappa shape index (κ3) is 4.50. The maximum atomic E-state index is 13.6. The first-order valence-electron chi connectivity index (χ1n) is 12.1. The molecule has 7 heteroatoms. The molecule has 3 aromatic carbocycles. The van der Waals surface area contributed by atoms with Gasteiger partial charge in [-0.15, -0.1) is 0 Å². The van der Waals surface area contributed by atoms with E-state index in [2.05, 4.69) is 5.32 Å². The Morgan fingerprint density at radius 3 is 2.46 bits per heavy atom. The van der Waals surface area contributed by atoms with E-state index in [9.17, 15) is 18.8 Å². The Bertz CT molecular complexity index is 1280. The van der Waals surface area contributed by atoms with Crippen LogP contribution < -0.4 is 10.2 Å². The number of halogens is 1. The highest BCUT2D eigenvalue weighted by atomic mass is 19.1. The van der Waals surface area contributed by atoms with Gasteiger partial charge in [-0.3, -0.25) is 19.3 Å². The van der Waals surface area contributed by atoms with Crippen LogP contribution in [0.4, 0.5) is 10.1 Å². The third-order valence-electron chi connectivity index (χ3n) is 7.08. The number of carbonyl (C=O) groups is 3. The molecule has 0 bridgehead atoms. The summed E-state index contributed by atoms with van der Waals surface area (Å²) < 4.78 is 13.5. The second-order valence-corrected chi connectivity index (χ2v) is 9.39. The standard InChI is InChI=1S/C28H28FN3O3/c1-18(27(34)30-22-8-2-3-9-22)31(16-19-12-14-21(29)15-13-19)25(33)17-32-24-11-5-7-20-6-4-10-23(26(20)24)28(32)35/h4-7,10-15,18,22H,2-3,8-9,16-17H2,1H3,(H,30,34). The molecular formula is C28H28FN3O3. The summed E-state index contributed by atoms with van der Waals surface area (Å²) in [7, 11) is 0. The zero-order valence-electron chi connectivity index (χ0n) is 19.7. The molecule has 3 aromatic rings. The van der Waals surface area contributed by atoms with Crippen LogP contribution in [0.2, 0.25) is 0 Å². The van der Waals surface area contributed by atoms with Gasteiger partial charge in [0, 0.05) is 23.5 Å². The molecule has 2 aliphatic rings. The quantitative estimate of drug-likeness (QED) is 0.553. The van der Waals surface area contributed by atoms with E-state index in [0.29, 0.717) is 16.8 Å².